The average molecular weight is 333 g/mol. The fourth-order valence-corrected chi connectivity index (χ4v) is 2.78. The van der Waals surface area contributed by atoms with Gasteiger partial charge >= 0.3 is 0 Å². The normalized spacial score (nSPS) is 10.8. The van der Waals surface area contributed by atoms with Crippen LogP contribution in [-0.4, -0.2) is 27.0 Å². The van der Waals surface area contributed by atoms with Gasteiger partial charge in [0.15, 0.2) is 5.65 Å². The molecule has 0 aliphatic carbocycles. The standard InChI is InChI=1S/C19H19N5O/c1-13(2)24-17(23-16-4-3-10-21-18(16)24)9-11-22-19(25)15-7-5-14(12-20)6-8-15/h3-8,10,13H,9,11H2,1-2H3,(H,22,25). The number of hydrogen-bond donors (Lipinski definition) is 1. The molecule has 0 aliphatic rings. The molecule has 0 fully saturated rings. The Kier molecular flexibility index (Phi) is 4.75. The third-order valence-corrected chi connectivity index (χ3v) is 3.95. The van der Waals surface area contributed by atoms with E-state index in [-0.39, 0.29) is 11.9 Å². The van der Waals surface area contributed by atoms with Gasteiger partial charge in [-0.05, 0) is 50.2 Å². The van der Waals surface area contributed by atoms with Crippen LogP contribution in [0.25, 0.3) is 11.2 Å². The number of nitriles is 1. The smallest absolute Gasteiger partial charge is 0.251 e. The van der Waals surface area contributed by atoms with Gasteiger partial charge in [-0.3, -0.25) is 4.79 Å². The van der Waals surface area contributed by atoms with Gasteiger partial charge in [0.2, 0.25) is 0 Å². The minimum absolute atomic E-state index is 0.158. The molecule has 0 spiro atoms. The van der Waals surface area contributed by atoms with Gasteiger partial charge in [0, 0.05) is 30.8 Å². The zero-order valence-corrected chi connectivity index (χ0v) is 14.2. The number of hydrogen-bond acceptors (Lipinski definition) is 4. The highest BCUT2D eigenvalue weighted by Gasteiger charge is 2.14. The second kappa shape index (κ2) is 7.14. The fourth-order valence-electron chi connectivity index (χ4n) is 2.78. The number of aromatic nitrogens is 3. The molecule has 6 heteroatoms. The summed E-state index contributed by atoms with van der Waals surface area (Å²) in [5.74, 6) is 0.749. The summed E-state index contributed by atoms with van der Waals surface area (Å²) in [6.07, 6.45) is 2.38. The number of pyridine rings is 1. The van der Waals surface area contributed by atoms with E-state index in [9.17, 15) is 4.79 Å². The maximum Gasteiger partial charge on any atom is 0.251 e. The van der Waals surface area contributed by atoms with Gasteiger partial charge in [-0.15, -0.1) is 0 Å². The van der Waals surface area contributed by atoms with Crippen molar-refractivity contribution < 1.29 is 4.79 Å². The summed E-state index contributed by atoms with van der Waals surface area (Å²) < 4.78 is 2.10. The lowest BCUT2D eigenvalue weighted by Crippen LogP contribution is -2.26. The molecule has 0 aliphatic heterocycles. The zero-order valence-electron chi connectivity index (χ0n) is 14.2. The Hall–Kier alpha value is -3.20. The topological polar surface area (TPSA) is 83.6 Å². The van der Waals surface area contributed by atoms with E-state index in [1.165, 1.54) is 0 Å². The molecular weight excluding hydrogens is 314 g/mol. The summed E-state index contributed by atoms with van der Waals surface area (Å²) in [6, 6.07) is 12.7. The van der Waals surface area contributed by atoms with Crippen LogP contribution in [0.15, 0.2) is 42.6 Å². The number of imidazole rings is 1. The first kappa shape index (κ1) is 16.7. The molecule has 1 N–H and O–H groups in total. The number of nitrogens with zero attached hydrogens (tertiary/aromatic N) is 4. The molecule has 3 rings (SSSR count). The van der Waals surface area contributed by atoms with Crippen molar-refractivity contribution >= 4 is 17.1 Å². The molecule has 1 aromatic carbocycles. The highest BCUT2D eigenvalue weighted by molar-refractivity contribution is 5.94. The van der Waals surface area contributed by atoms with Crippen LogP contribution in [0.4, 0.5) is 0 Å². The van der Waals surface area contributed by atoms with Crippen LogP contribution in [0.2, 0.25) is 0 Å². The quantitative estimate of drug-likeness (QED) is 0.778. The van der Waals surface area contributed by atoms with Gasteiger partial charge in [0.05, 0.1) is 11.6 Å². The molecule has 0 saturated carbocycles. The van der Waals surface area contributed by atoms with Crippen molar-refractivity contribution in [3.05, 3.63) is 59.5 Å². The van der Waals surface area contributed by atoms with Crippen molar-refractivity contribution in [2.24, 2.45) is 0 Å². The molecular formula is C19H19N5O. The predicted molar refractivity (Wildman–Crippen MR) is 95.1 cm³/mol. The molecule has 0 atom stereocenters. The first-order valence-corrected chi connectivity index (χ1v) is 8.20. The van der Waals surface area contributed by atoms with Gasteiger partial charge in [0.1, 0.15) is 11.3 Å². The highest BCUT2D eigenvalue weighted by Crippen LogP contribution is 2.19. The van der Waals surface area contributed by atoms with Gasteiger partial charge in [-0.1, -0.05) is 0 Å². The van der Waals surface area contributed by atoms with Crippen molar-refractivity contribution in [3.63, 3.8) is 0 Å². The lowest BCUT2D eigenvalue weighted by molar-refractivity contribution is 0.0954. The van der Waals surface area contributed by atoms with Crippen molar-refractivity contribution in [1.29, 1.82) is 5.26 Å². The summed E-state index contributed by atoms with van der Waals surface area (Å²) in [5, 5.41) is 11.7. The van der Waals surface area contributed by atoms with Crippen LogP contribution < -0.4 is 5.32 Å². The molecule has 2 aromatic heterocycles. The van der Waals surface area contributed by atoms with Crippen LogP contribution >= 0.6 is 0 Å². The zero-order chi connectivity index (χ0) is 17.8. The fraction of sp³-hybridized carbons (Fsp3) is 0.263. The third-order valence-electron chi connectivity index (χ3n) is 3.95. The van der Waals surface area contributed by atoms with Crippen LogP contribution in [0, 0.1) is 11.3 Å². The Morgan fingerprint density at radius 2 is 2.04 bits per heavy atom. The molecule has 3 aromatic rings. The summed E-state index contributed by atoms with van der Waals surface area (Å²) >= 11 is 0. The number of carbonyl (C=O) groups is 1. The number of nitrogens with one attached hydrogen (secondary N) is 1. The van der Waals surface area contributed by atoms with Crippen LogP contribution in [0.3, 0.4) is 0 Å². The summed E-state index contributed by atoms with van der Waals surface area (Å²) in [7, 11) is 0. The number of carbonyl (C=O) groups excluding carboxylic acids is 1. The van der Waals surface area contributed by atoms with E-state index in [0.717, 1.165) is 17.0 Å². The number of fused-ring (bicyclic) bond motifs is 1. The van der Waals surface area contributed by atoms with Crippen molar-refractivity contribution in [1.82, 2.24) is 19.9 Å². The second-order valence-electron chi connectivity index (χ2n) is 6.03. The predicted octanol–water partition coefficient (Wildman–Crippen LogP) is 2.86. The van der Waals surface area contributed by atoms with E-state index >= 15 is 0 Å². The minimum Gasteiger partial charge on any atom is -0.352 e. The molecule has 0 radical (unpaired) electrons. The largest absolute Gasteiger partial charge is 0.352 e. The Morgan fingerprint density at radius 1 is 1.28 bits per heavy atom. The molecule has 6 nitrogen and oxygen atoms in total. The maximum atomic E-state index is 12.2. The Balaban J connectivity index is 1.69. The Morgan fingerprint density at radius 3 is 2.72 bits per heavy atom. The SMILES string of the molecule is CC(C)n1c(CCNC(=O)c2ccc(C#N)cc2)nc2cccnc21. The summed E-state index contributed by atoms with van der Waals surface area (Å²) in [5.41, 5.74) is 2.81. The molecule has 1 amide bonds. The van der Waals surface area contributed by atoms with Crippen molar-refractivity contribution in [3.8, 4) is 6.07 Å². The average Bonchev–Trinajstić information content (AvgIpc) is 3.00. The van der Waals surface area contributed by atoms with Gasteiger partial charge < -0.3 is 9.88 Å². The van der Waals surface area contributed by atoms with E-state index in [2.05, 4.69) is 33.7 Å². The Labute approximate surface area is 146 Å². The number of benzene rings is 1. The first-order valence-electron chi connectivity index (χ1n) is 8.20. The van der Waals surface area contributed by atoms with Gasteiger partial charge in [-0.2, -0.15) is 5.26 Å². The van der Waals surface area contributed by atoms with Crippen molar-refractivity contribution in [2.45, 2.75) is 26.3 Å². The monoisotopic (exact) mass is 333 g/mol. The van der Waals surface area contributed by atoms with Gasteiger partial charge in [-0.25, -0.2) is 9.97 Å². The third kappa shape index (κ3) is 3.50. The molecule has 0 saturated heterocycles. The van der Waals surface area contributed by atoms with E-state index in [1.54, 1.807) is 30.5 Å². The molecule has 126 valence electrons. The van der Waals surface area contributed by atoms with E-state index in [1.807, 2.05) is 18.2 Å². The number of rotatable bonds is 5. The lowest BCUT2D eigenvalue weighted by atomic mass is 10.1. The highest BCUT2D eigenvalue weighted by atomic mass is 16.1. The molecule has 0 unspecified atom stereocenters. The van der Waals surface area contributed by atoms with Crippen molar-refractivity contribution in [2.75, 3.05) is 6.54 Å². The molecule has 0 bridgehead atoms. The maximum absolute atomic E-state index is 12.2. The van der Waals surface area contributed by atoms with E-state index in [0.29, 0.717) is 24.1 Å². The Bertz CT molecular complexity index is 935. The van der Waals surface area contributed by atoms with Crippen LogP contribution in [-0.2, 0) is 6.42 Å². The lowest BCUT2D eigenvalue weighted by Gasteiger charge is -2.12. The summed E-state index contributed by atoms with van der Waals surface area (Å²) in [6.45, 7) is 4.66. The van der Waals surface area contributed by atoms with Crippen LogP contribution in [0.5, 0.6) is 0 Å². The minimum atomic E-state index is -0.158. The summed E-state index contributed by atoms with van der Waals surface area (Å²) in [4.78, 5) is 21.2. The number of amides is 1. The van der Waals surface area contributed by atoms with E-state index < -0.39 is 0 Å². The molecule has 2 heterocycles. The van der Waals surface area contributed by atoms with Gasteiger partial charge in [0.25, 0.3) is 5.91 Å². The first-order chi connectivity index (χ1) is 12.1. The molecule has 25 heavy (non-hydrogen) atoms. The van der Waals surface area contributed by atoms with Crippen LogP contribution in [0.1, 0.15) is 41.6 Å². The van der Waals surface area contributed by atoms with E-state index in [4.69, 9.17) is 5.26 Å². The second-order valence-corrected chi connectivity index (χ2v) is 6.03.